The average molecular weight is 354 g/mol. The second-order valence-electron chi connectivity index (χ2n) is 5.98. The van der Waals surface area contributed by atoms with Crippen molar-refractivity contribution in [2.24, 2.45) is 4.99 Å². The molecule has 1 aromatic heterocycles. The first-order valence-corrected chi connectivity index (χ1v) is 8.51. The molecule has 2 unspecified atom stereocenters. The molecule has 0 amide bonds. The molecule has 1 aliphatic rings. The summed E-state index contributed by atoms with van der Waals surface area (Å²) in [5.41, 5.74) is -0.651. The molecule has 3 N–H and O–H groups in total. The van der Waals surface area contributed by atoms with E-state index in [1.54, 1.807) is 6.34 Å². The van der Waals surface area contributed by atoms with Crippen LogP contribution in [0.15, 0.2) is 22.1 Å². The van der Waals surface area contributed by atoms with E-state index < -0.39 is 36.8 Å². The highest BCUT2D eigenvalue weighted by Crippen LogP contribution is 2.28. The zero-order chi connectivity index (χ0) is 18.4. The molecule has 2 heterocycles. The lowest BCUT2D eigenvalue weighted by molar-refractivity contribution is -0.0549. The van der Waals surface area contributed by atoms with Crippen molar-refractivity contribution in [1.29, 1.82) is 0 Å². The van der Waals surface area contributed by atoms with Crippen molar-refractivity contribution in [1.82, 2.24) is 14.5 Å². The van der Waals surface area contributed by atoms with E-state index in [2.05, 4.69) is 28.7 Å². The maximum atomic E-state index is 12.2. The Bertz CT molecular complexity index is 629. The Morgan fingerprint density at radius 1 is 1.32 bits per heavy atom. The second-order valence-corrected chi connectivity index (χ2v) is 5.98. The molecule has 4 atom stereocenters. The summed E-state index contributed by atoms with van der Waals surface area (Å²) in [6.07, 6.45) is 0.436. The third-order valence-electron chi connectivity index (χ3n) is 3.98. The maximum Gasteiger partial charge on any atom is 0.351 e. The summed E-state index contributed by atoms with van der Waals surface area (Å²) in [6, 6.07) is 1.53. The number of rotatable bonds is 8. The first-order chi connectivity index (χ1) is 12.0. The number of aliphatic hydroxyl groups is 3. The van der Waals surface area contributed by atoms with Crippen LogP contribution in [0.1, 0.15) is 32.9 Å². The summed E-state index contributed by atoms with van der Waals surface area (Å²) in [5.74, 6) is 0.255. The summed E-state index contributed by atoms with van der Waals surface area (Å²) < 4.78 is 6.41. The smallest absolute Gasteiger partial charge is 0.351 e. The maximum absolute atomic E-state index is 12.2. The molecule has 0 bridgehead atoms. The molecule has 0 spiro atoms. The zero-order valence-electron chi connectivity index (χ0n) is 14.5. The van der Waals surface area contributed by atoms with Crippen molar-refractivity contribution < 1.29 is 20.1 Å². The molecule has 0 aromatic carbocycles. The summed E-state index contributed by atoms with van der Waals surface area (Å²) in [4.78, 5) is 22.3. The second kappa shape index (κ2) is 9.04. The van der Waals surface area contributed by atoms with Crippen LogP contribution in [0.5, 0.6) is 0 Å². The van der Waals surface area contributed by atoms with E-state index in [9.17, 15) is 15.0 Å². The van der Waals surface area contributed by atoms with Gasteiger partial charge in [-0.3, -0.25) is 4.57 Å². The van der Waals surface area contributed by atoms with Crippen molar-refractivity contribution >= 4 is 12.2 Å². The van der Waals surface area contributed by atoms with E-state index >= 15 is 0 Å². The van der Waals surface area contributed by atoms with Gasteiger partial charge in [-0.1, -0.05) is 13.8 Å². The Morgan fingerprint density at radius 2 is 2.00 bits per heavy atom. The molecular formula is C16H26N4O5. The van der Waals surface area contributed by atoms with Crippen LogP contribution < -0.4 is 5.69 Å². The first kappa shape index (κ1) is 19.5. The quantitative estimate of drug-likeness (QED) is 0.430. The van der Waals surface area contributed by atoms with Gasteiger partial charge in [0.05, 0.1) is 12.9 Å². The fourth-order valence-electron chi connectivity index (χ4n) is 2.72. The van der Waals surface area contributed by atoms with Crippen molar-refractivity contribution in [2.45, 2.75) is 51.2 Å². The number of nitrogens with zero attached hydrogens (tertiary/aromatic N) is 4. The van der Waals surface area contributed by atoms with Crippen LogP contribution in [0.3, 0.4) is 0 Å². The minimum Gasteiger partial charge on any atom is -0.394 e. The van der Waals surface area contributed by atoms with Crippen molar-refractivity contribution in [2.75, 3.05) is 19.7 Å². The van der Waals surface area contributed by atoms with Crippen LogP contribution in [-0.4, -0.2) is 74.1 Å². The van der Waals surface area contributed by atoms with Crippen LogP contribution in [0.2, 0.25) is 0 Å². The van der Waals surface area contributed by atoms with Gasteiger partial charge in [-0.25, -0.2) is 9.79 Å². The highest BCUT2D eigenvalue weighted by Gasteiger charge is 2.43. The average Bonchev–Trinajstić information content (AvgIpc) is 2.88. The lowest BCUT2D eigenvalue weighted by Gasteiger charge is -2.18. The molecule has 1 aromatic rings. The zero-order valence-corrected chi connectivity index (χ0v) is 14.5. The number of hydrogen-bond acceptors (Lipinski definition) is 7. The Labute approximate surface area is 146 Å². The third-order valence-corrected chi connectivity index (χ3v) is 3.98. The molecule has 1 saturated heterocycles. The van der Waals surface area contributed by atoms with E-state index in [0.717, 1.165) is 30.5 Å². The molecule has 0 radical (unpaired) electrons. The fourth-order valence-corrected chi connectivity index (χ4v) is 2.72. The topological polar surface area (TPSA) is 120 Å². The minimum absolute atomic E-state index is 0.255. The first-order valence-electron chi connectivity index (χ1n) is 8.51. The molecule has 9 nitrogen and oxygen atoms in total. The largest absolute Gasteiger partial charge is 0.394 e. The molecule has 0 saturated carbocycles. The Balaban J connectivity index is 2.14. The summed E-state index contributed by atoms with van der Waals surface area (Å²) in [5, 5.41) is 28.9. The lowest BCUT2D eigenvalue weighted by atomic mass is 10.1. The van der Waals surface area contributed by atoms with Crippen molar-refractivity contribution in [3.05, 3.63) is 22.7 Å². The van der Waals surface area contributed by atoms with Gasteiger partial charge in [0.1, 0.15) is 18.3 Å². The summed E-state index contributed by atoms with van der Waals surface area (Å²) in [6.45, 7) is 5.45. The lowest BCUT2D eigenvalue weighted by Crippen LogP contribution is -2.35. The SMILES string of the molecule is CCCN(/C=N/c1ccn([C@@H]2O[C@H](CO)C(O)C2O)c(=O)n1)CCC. The monoisotopic (exact) mass is 354 g/mol. The Morgan fingerprint density at radius 3 is 2.52 bits per heavy atom. The highest BCUT2D eigenvalue weighted by molar-refractivity contribution is 5.59. The van der Waals surface area contributed by atoms with Gasteiger partial charge in [0.15, 0.2) is 12.0 Å². The van der Waals surface area contributed by atoms with E-state index in [-0.39, 0.29) is 5.82 Å². The van der Waals surface area contributed by atoms with Gasteiger partial charge < -0.3 is 25.0 Å². The fraction of sp³-hybridized carbons (Fsp3) is 0.688. The molecule has 0 aliphatic carbocycles. The van der Waals surface area contributed by atoms with Gasteiger partial charge in [0, 0.05) is 19.3 Å². The minimum atomic E-state index is -1.32. The van der Waals surface area contributed by atoms with Crippen molar-refractivity contribution in [3.8, 4) is 0 Å². The van der Waals surface area contributed by atoms with Gasteiger partial charge in [0.2, 0.25) is 0 Å². The van der Waals surface area contributed by atoms with Gasteiger partial charge in [-0.05, 0) is 18.9 Å². The molecule has 2 rings (SSSR count). The summed E-state index contributed by atoms with van der Waals surface area (Å²) in [7, 11) is 0. The van der Waals surface area contributed by atoms with Gasteiger partial charge in [-0.15, -0.1) is 0 Å². The number of aliphatic imine (C=N–C) groups is 1. The van der Waals surface area contributed by atoms with Gasteiger partial charge in [0.25, 0.3) is 0 Å². The molecule has 1 fully saturated rings. The number of ether oxygens (including phenoxy) is 1. The van der Waals surface area contributed by atoms with E-state index in [4.69, 9.17) is 9.84 Å². The molecule has 1 aliphatic heterocycles. The normalized spacial score (nSPS) is 26.4. The van der Waals surface area contributed by atoms with Crippen LogP contribution >= 0.6 is 0 Å². The molecular weight excluding hydrogens is 328 g/mol. The Hall–Kier alpha value is -1.81. The van der Waals surface area contributed by atoms with Gasteiger partial charge in [-0.2, -0.15) is 4.98 Å². The molecule has 25 heavy (non-hydrogen) atoms. The van der Waals surface area contributed by atoms with Crippen LogP contribution in [0, 0.1) is 0 Å². The van der Waals surface area contributed by atoms with Crippen LogP contribution in [0.25, 0.3) is 0 Å². The third kappa shape index (κ3) is 4.63. The standard InChI is InChI=1S/C16H26N4O5/c1-3-6-19(7-4-2)10-17-12-5-8-20(16(24)18-12)15-14(23)13(22)11(9-21)25-15/h5,8,10-11,13-15,21-23H,3-4,6-7,9H2,1-2H3/b17-10+/t11-,13?,14?,15-/m1/s1. The molecule has 140 valence electrons. The number of aliphatic hydroxyl groups excluding tert-OH is 3. The van der Waals surface area contributed by atoms with E-state index in [1.807, 2.05) is 0 Å². The number of hydrogen-bond donors (Lipinski definition) is 3. The summed E-state index contributed by atoms with van der Waals surface area (Å²) >= 11 is 0. The highest BCUT2D eigenvalue weighted by atomic mass is 16.6. The van der Waals surface area contributed by atoms with Crippen molar-refractivity contribution in [3.63, 3.8) is 0 Å². The van der Waals surface area contributed by atoms with Gasteiger partial charge >= 0.3 is 5.69 Å². The Kier molecular flexibility index (Phi) is 7.06. The molecule has 9 heteroatoms. The van der Waals surface area contributed by atoms with Crippen LogP contribution in [0.4, 0.5) is 5.82 Å². The number of aromatic nitrogens is 2. The predicted molar refractivity (Wildman–Crippen MR) is 91.8 cm³/mol. The predicted octanol–water partition coefficient (Wildman–Crippen LogP) is -0.363. The van der Waals surface area contributed by atoms with E-state index in [1.165, 1.54) is 12.3 Å². The van der Waals surface area contributed by atoms with Crippen LogP contribution in [-0.2, 0) is 4.74 Å². The van der Waals surface area contributed by atoms with E-state index in [0.29, 0.717) is 0 Å².